The lowest BCUT2D eigenvalue weighted by molar-refractivity contribution is 0.311. The molecule has 17 heavy (non-hydrogen) atoms. The molecule has 0 unspecified atom stereocenters. The molecule has 1 aromatic heterocycles. The largest absolute Gasteiger partial charge is 0.395 e. The fourth-order valence-corrected chi connectivity index (χ4v) is 2.01. The van der Waals surface area contributed by atoms with Crippen molar-refractivity contribution >= 4 is 17.6 Å². The quantitative estimate of drug-likeness (QED) is 0.705. The number of piperidine rings is 1. The molecule has 1 saturated heterocycles. The summed E-state index contributed by atoms with van der Waals surface area (Å²) < 4.78 is 0. The van der Waals surface area contributed by atoms with E-state index in [1.54, 1.807) is 0 Å². The zero-order valence-corrected chi connectivity index (χ0v) is 9.89. The van der Waals surface area contributed by atoms with Crippen LogP contribution in [0.4, 0.5) is 17.6 Å². The predicted molar refractivity (Wildman–Crippen MR) is 68.1 cm³/mol. The molecule has 1 aromatic rings. The molecule has 0 saturated carbocycles. The second-order valence-electron chi connectivity index (χ2n) is 4.17. The summed E-state index contributed by atoms with van der Waals surface area (Å²) in [6, 6.07) is 1.89. The van der Waals surface area contributed by atoms with E-state index in [4.69, 9.17) is 10.8 Å². The van der Waals surface area contributed by atoms with E-state index in [9.17, 15) is 0 Å². The van der Waals surface area contributed by atoms with Gasteiger partial charge >= 0.3 is 0 Å². The highest BCUT2D eigenvalue weighted by Crippen LogP contribution is 2.20. The highest BCUT2D eigenvalue weighted by Gasteiger charge is 2.13. The lowest BCUT2D eigenvalue weighted by Crippen LogP contribution is -2.30. The first-order valence-electron chi connectivity index (χ1n) is 6.04. The molecule has 1 aliphatic heterocycles. The van der Waals surface area contributed by atoms with Gasteiger partial charge in [0.2, 0.25) is 5.95 Å². The van der Waals surface area contributed by atoms with Gasteiger partial charge in [0, 0.05) is 25.7 Å². The van der Waals surface area contributed by atoms with Crippen LogP contribution >= 0.6 is 0 Å². The topological polar surface area (TPSA) is 87.3 Å². The third-order valence-electron chi connectivity index (χ3n) is 2.83. The first kappa shape index (κ1) is 11.9. The van der Waals surface area contributed by atoms with Crippen molar-refractivity contribution in [1.29, 1.82) is 0 Å². The average Bonchev–Trinajstić information content (AvgIpc) is 2.37. The van der Waals surface area contributed by atoms with Crippen LogP contribution in [0.15, 0.2) is 6.07 Å². The van der Waals surface area contributed by atoms with Crippen LogP contribution in [-0.4, -0.2) is 41.3 Å². The summed E-state index contributed by atoms with van der Waals surface area (Å²) in [7, 11) is 0. The van der Waals surface area contributed by atoms with Crippen LogP contribution in [0, 0.1) is 0 Å². The number of rotatable bonds is 4. The van der Waals surface area contributed by atoms with Crippen molar-refractivity contribution in [3.05, 3.63) is 6.07 Å². The van der Waals surface area contributed by atoms with E-state index < -0.39 is 0 Å². The second kappa shape index (κ2) is 5.67. The summed E-state index contributed by atoms with van der Waals surface area (Å²) in [4.78, 5) is 10.6. The van der Waals surface area contributed by atoms with E-state index in [0.29, 0.717) is 12.4 Å². The molecule has 0 aliphatic carbocycles. The fourth-order valence-electron chi connectivity index (χ4n) is 2.01. The van der Waals surface area contributed by atoms with Gasteiger partial charge < -0.3 is 21.1 Å². The fraction of sp³-hybridized carbons (Fsp3) is 0.636. The molecule has 6 heteroatoms. The standard InChI is InChI=1S/C11H19N5O/c12-11-14-9(13-4-7-17)8-10(15-11)16-5-2-1-3-6-16/h8,17H,1-7H2,(H3,12,13,14,15). The van der Waals surface area contributed by atoms with Gasteiger partial charge in [-0.1, -0.05) is 0 Å². The first-order valence-corrected chi connectivity index (χ1v) is 6.04. The number of hydrogen-bond donors (Lipinski definition) is 3. The van der Waals surface area contributed by atoms with Gasteiger partial charge in [-0.3, -0.25) is 0 Å². The van der Waals surface area contributed by atoms with Crippen molar-refractivity contribution in [2.45, 2.75) is 19.3 Å². The maximum absolute atomic E-state index is 8.77. The number of nitrogens with one attached hydrogen (secondary N) is 1. The minimum Gasteiger partial charge on any atom is -0.395 e. The van der Waals surface area contributed by atoms with E-state index >= 15 is 0 Å². The third-order valence-corrected chi connectivity index (χ3v) is 2.83. The lowest BCUT2D eigenvalue weighted by Gasteiger charge is -2.28. The van der Waals surface area contributed by atoms with Crippen LogP contribution in [0.25, 0.3) is 0 Å². The zero-order chi connectivity index (χ0) is 12.1. The average molecular weight is 237 g/mol. The molecular formula is C11H19N5O. The van der Waals surface area contributed by atoms with Gasteiger partial charge in [-0.2, -0.15) is 9.97 Å². The number of aliphatic hydroxyl groups excluding tert-OH is 1. The smallest absolute Gasteiger partial charge is 0.223 e. The SMILES string of the molecule is Nc1nc(NCCO)cc(N2CCCCC2)n1. The van der Waals surface area contributed by atoms with E-state index in [2.05, 4.69) is 20.2 Å². The van der Waals surface area contributed by atoms with E-state index in [0.717, 1.165) is 18.9 Å². The van der Waals surface area contributed by atoms with Crippen LogP contribution in [0.1, 0.15) is 19.3 Å². The van der Waals surface area contributed by atoms with Gasteiger partial charge in [0.1, 0.15) is 11.6 Å². The normalized spacial score (nSPS) is 15.9. The Hall–Kier alpha value is -1.56. The van der Waals surface area contributed by atoms with Gasteiger partial charge in [-0.25, -0.2) is 0 Å². The Bertz CT molecular complexity index is 365. The van der Waals surface area contributed by atoms with E-state index in [-0.39, 0.29) is 12.6 Å². The molecule has 2 rings (SSSR count). The minimum absolute atomic E-state index is 0.0724. The Labute approximate surface area is 101 Å². The Kier molecular flexibility index (Phi) is 3.98. The van der Waals surface area contributed by atoms with Gasteiger partial charge in [0.25, 0.3) is 0 Å². The number of aliphatic hydroxyl groups is 1. The molecule has 2 heterocycles. The number of hydrogen-bond acceptors (Lipinski definition) is 6. The number of nitrogen functional groups attached to an aromatic ring is 1. The Morgan fingerprint density at radius 2 is 2.06 bits per heavy atom. The molecule has 0 amide bonds. The molecule has 4 N–H and O–H groups in total. The molecule has 1 aliphatic rings. The van der Waals surface area contributed by atoms with Gasteiger partial charge in [-0.15, -0.1) is 0 Å². The van der Waals surface area contributed by atoms with Gasteiger partial charge in [-0.05, 0) is 19.3 Å². The summed E-state index contributed by atoms with van der Waals surface area (Å²) >= 11 is 0. The molecule has 94 valence electrons. The summed E-state index contributed by atoms with van der Waals surface area (Å²) in [5.41, 5.74) is 5.69. The highest BCUT2D eigenvalue weighted by molar-refractivity contribution is 5.52. The molecule has 6 nitrogen and oxygen atoms in total. The highest BCUT2D eigenvalue weighted by atomic mass is 16.3. The van der Waals surface area contributed by atoms with Crippen molar-refractivity contribution in [2.75, 3.05) is 42.2 Å². The monoisotopic (exact) mass is 237 g/mol. The zero-order valence-electron chi connectivity index (χ0n) is 9.89. The number of nitrogens with two attached hydrogens (primary N) is 1. The van der Waals surface area contributed by atoms with Crippen molar-refractivity contribution in [3.8, 4) is 0 Å². The number of nitrogens with zero attached hydrogens (tertiary/aromatic N) is 3. The van der Waals surface area contributed by atoms with Crippen molar-refractivity contribution in [3.63, 3.8) is 0 Å². The molecule has 0 bridgehead atoms. The van der Waals surface area contributed by atoms with E-state index in [1.165, 1.54) is 19.3 Å². The second-order valence-corrected chi connectivity index (χ2v) is 4.17. The van der Waals surface area contributed by atoms with Crippen molar-refractivity contribution in [1.82, 2.24) is 9.97 Å². The molecule has 0 atom stereocenters. The number of aromatic nitrogens is 2. The summed E-state index contributed by atoms with van der Waals surface area (Å²) in [6.45, 7) is 2.59. The molecule has 0 spiro atoms. The molecular weight excluding hydrogens is 218 g/mol. The molecule has 1 fully saturated rings. The summed E-state index contributed by atoms with van der Waals surface area (Å²) in [5, 5.41) is 11.8. The molecule has 0 radical (unpaired) electrons. The van der Waals surface area contributed by atoms with Gasteiger partial charge in [0.05, 0.1) is 6.61 Å². The predicted octanol–water partition coefficient (Wildman–Crippen LogP) is 0.453. The van der Waals surface area contributed by atoms with E-state index in [1.807, 2.05) is 6.07 Å². The number of anilines is 3. The van der Waals surface area contributed by atoms with Crippen molar-refractivity contribution < 1.29 is 5.11 Å². The molecule has 0 aromatic carbocycles. The van der Waals surface area contributed by atoms with Crippen LogP contribution in [0.5, 0.6) is 0 Å². The van der Waals surface area contributed by atoms with Crippen LogP contribution in [0.2, 0.25) is 0 Å². The Balaban J connectivity index is 2.12. The first-order chi connectivity index (χ1) is 8.29. The minimum atomic E-state index is 0.0724. The Morgan fingerprint density at radius 1 is 1.29 bits per heavy atom. The van der Waals surface area contributed by atoms with Crippen LogP contribution in [-0.2, 0) is 0 Å². The van der Waals surface area contributed by atoms with Crippen LogP contribution < -0.4 is 16.0 Å². The Morgan fingerprint density at radius 3 is 2.76 bits per heavy atom. The van der Waals surface area contributed by atoms with Gasteiger partial charge in [0.15, 0.2) is 0 Å². The maximum atomic E-state index is 8.77. The summed E-state index contributed by atoms with van der Waals surface area (Å²) in [6.07, 6.45) is 3.68. The van der Waals surface area contributed by atoms with Crippen LogP contribution in [0.3, 0.4) is 0 Å². The third kappa shape index (κ3) is 3.20. The lowest BCUT2D eigenvalue weighted by atomic mass is 10.1. The van der Waals surface area contributed by atoms with Crippen molar-refractivity contribution in [2.24, 2.45) is 0 Å². The summed E-state index contributed by atoms with van der Waals surface area (Å²) in [5.74, 6) is 1.82. The maximum Gasteiger partial charge on any atom is 0.223 e.